The smallest absolute Gasteiger partial charge is 0.276 e. The zero-order valence-corrected chi connectivity index (χ0v) is 16.5. The van der Waals surface area contributed by atoms with Crippen molar-refractivity contribution in [3.05, 3.63) is 59.1 Å². The van der Waals surface area contributed by atoms with E-state index in [1.807, 2.05) is 13.1 Å². The number of hydrogen-bond donors (Lipinski definition) is 2. The van der Waals surface area contributed by atoms with Crippen molar-refractivity contribution >= 4 is 39.1 Å². The van der Waals surface area contributed by atoms with Crippen LogP contribution in [0, 0.1) is 5.92 Å². The first kappa shape index (κ1) is 18.8. The molecule has 0 aliphatic heterocycles. The third-order valence-electron chi connectivity index (χ3n) is 3.84. The van der Waals surface area contributed by atoms with Crippen molar-refractivity contribution in [3.8, 4) is 0 Å². The molecule has 0 aliphatic carbocycles. The van der Waals surface area contributed by atoms with E-state index in [1.165, 1.54) is 0 Å². The summed E-state index contributed by atoms with van der Waals surface area (Å²) in [5, 5.41) is 13.9. The molecule has 0 fully saturated rings. The van der Waals surface area contributed by atoms with Crippen LogP contribution in [0.2, 0.25) is 0 Å². The summed E-state index contributed by atoms with van der Waals surface area (Å²) in [6, 6.07) is 8.62. The van der Waals surface area contributed by atoms with E-state index in [9.17, 15) is 9.59 Å². The molecular formula is C18H19BrN6O2. The zero-order valence-electron chi connectivity index (χ0n) is 14.9. The van der Waals surface area contributed by atoms with Gasteiger partial charge in [-0.25, -0.2) is 0 Å². The average Bonchev–Trinajstić information content (AvgIpc) is 3.23. The summed E-state index contributed by atoms with van der Waals surface area (Å²) in [5.74, 6) is -0.713. The SMILES string of the molecule is CC(Cn1cc(Br)cn1)C(=O)Nc1cccc(NC(=O)c2ccn(C)n2)c1. The van der Waals surface area contributed by atoms with Crippen LogP contribution in [0.3, 0.4) is 0 Å². The van der Waals surface area contributed by atoms with E-state index in [0.29, 0.717) is 23.6 Å². The molecule has 3 rings (SSSR count). The fourth-order valence-electron chi connectivity index (χ4n) is 2.47. The van der Waals surface area contributed by atoms with Gasteiger partial charge in [0.05, 0.1) is 23.1 Å². The van der Waals surface area contributed by atoms with Gasteiger partial charge in [0.15, 0.2) is 5.69 Å². The van der Waals surface area contributed by atoms with E-state index < -0.39 is 0 Å². The van der Waals surface area contributed by atoms with Gasteiger partial charge >= 0.3 is 0 Å². The molecule has 2 N–H and O–H groups in total. The van der Waals surface area contributed by atoms with E-state index in [0.717, 1.165) is 4.47 Å². The highest BCUT2D eigenvalue weighted by Crippen LogP contribution is 2.17. The lowest BCUT2D eigenvalue weighted by molar-refractivity contribution is -0.119. The topological polar surface area (TPSA) is 93.8 Å². The minimum atomic E-state index is -0.309. The Labute approximate surface area is 164 Å². The minimum Gasteiger partial charge on any atom is -0.326 e. The van der Waals surface area contributed by atoms with Gasteiger partial charge < -0.3 is 10.6 Å². The van der Waals surface area contributed by atoms with Crippen LogP contribution < -0.4 is 10.6 Å². The molecule has 0 saturated carbocycles. The molecule has 0 spiro atoms. The number of aryl methyl sites for hydroxylation is 1. The van der Waals surface area contributed by atoms with Crippen molar-refractivity contribution < 1.29 is 9.59 Å². The Morgan fingerprint density at radius 1 is 1.22 bits per heavy atom. The number of hydrogen-bond acceptors (Lipinski definition) is 4. The predicted molar refractivity (Wildman–Crippen MR) is 105 cm³/mol. The van der Waals surface area contributed by atoms with Crippen molar-refractivity contribution in [2.45, 2.75) is 13.5 Å². The maximum atomic E-state index is 12.4. The monoisotopic (exact) mass is 430 g/mol. The number of nitrogens with one attached hydrogen (secondary N) is 2. The van der Waals surface area contributed by atoms with Gasteiger partial charge in [0, 0.05) is 30.8 Å². The lowest BCUT2D eigenvalue weighted by Crippen LogP contribution is -2.24. The minimum absolute atomic E-state index is 0.130. The summed E-state index contributed by atoms with van der Waals surface area (Å²) in [6.07, 6.45) is 5.20. The molecule has 9 heteroatoms. The van der Waals surface area contributed by atoms with Crippen molar-refractivity contribution in [1.29, 1.82) is 0 Å². The van der Waals surface area contributed by atoms with Crippen molar-refractivity contribution in [1.82, 2.24) is 19.6 Å². The van der Waals surface area contributed by atoms with Gasteiger partial charge in [-0.15, -0.1) is 0 Å². The molecule has 0 bridgehead atoms. The number of anilines is 2. The second-order valence-electron chi connectivity index (χ2n) is 6.18. The molecule has 1 aromatic carbocycles. The first-order chi connectivity index (χ1) is 12.9. The summed E-state index contributed by atoms with van der Waals surface area (Å²) < 4.78 is 4.13. The van der Waals surface area contributed by atoms with Crippen LogP contribution in [0.5, 0.6) is 0 Å². The molecule has 8 nitrogen and oxygen atoms in total. The predicted octanol–water partition coefficient (Wildman–Crippen LogP) is 2.91. The lowest BCUT2D eigenvalue weighted by Gasteiger charge is -2.13. The first-order valence-corrected chi connectivity index (χ1v) is 9.10. The van der Waals surface area contributed by atoms with Gasteiger partial charge in [-0.1, -0.05) is 13.0 Å². The van der Waals surface area contributed by atoms with Gasteiger partial charge in [-0.05, 0) is 40.2 Å². The van der Waals surface area contributed by atoms with Crippen LogP contribution in [0.15, 0.2) is 53.4 Å². The maximum absolute atomic E-state index is 12.4. The number of carbonyl (C=O) groups is 2. The van der Waals surface area contributed by atoms with Crippen molar-refractivity contribution in [2.24, 2.45) is 13.0 Å². The van der Waals surface area contributed by atoms with Crippen LogP contribution in [-0.2, 0) is 18.4 Å². The van der Waals surface area contributed by atoms with Gasteiger partial charge in [-0.2, -0.15) is 10.2 Å². The number of amides is 2. The van der Waals surface area contributed by atoms with Gasteiger partial charge in [0.2, 0.25) is 5.91 Å². The lowest BCUT2D eigenvalue weighted by atomic mass is 10.1. The largest absolute Gasteiger partial charge is 0.326 e. The Balaban J connectivity index is 1.61. The molecule has 3 aromatic rings. The molecule has 140 valence electrons. The standard InChI is InChI=1S/C18H19BrN6O2/c1-12(10-25-11-13(19)9-20-25)17(26)21-14-4-3-5-15(8-14)22-18(27)16-6-7-24(2)23-16/h3-9,11-12H,10H2,1-2H3,(H,21,26)(H,22,27). The molecule has 2 amide bonds. The Kier molecular flexibility index (Phi) is 5.70. The van der Waals surface area contributed by atoms with Gasteiger partial charge in [0.1, 0.15) is 0 Å². The summed E-state index contributed by atoms with van der Waals surface area (Å²) in [4.78, 5) is 24.6. The Hall–Kier alpha value is -2.94. The van der Waals surface area contributed by atoms with Crippen molar-refractivity contribution in [2.75, 3.05) is 10.6 Å². The Morgan fingerprint density at radius 3 is 2.59 bits per heavy atom. The first-order valence-electron chi connectivity index (χ1n) is 8.30. The quantitative estimate of drug-likeness (QED) is 0.628. The molecule has 0 saturated heterocycles. The van der Waals surface area contributed by atoms with Crippen LogP contribution in [0.25, 0.3) is 0 Å². The normalized spacial score (nSPS) is 11.8. The third-order valence-corrected chi connectivity index (χ3v) is 4.25. The second kappa shape index (κ2) is 8.17. The number of carbonyl (C=O) groups excluding carboxylic acids is 2. The molecule has 2 aromatic heterocycles. The van der Waals surface area contributed by atoms with E-state index in [-0.39, 0.29) is 17.7 Å². The van der Waals surface area contributed by atoms with Gasteiger partial charge in [0.25, 0.3) is 5.91 Å². The van der Waals surface area contributed by atoms with Crippen LogP contribution in [-0.4, -0.2) is 31.4 Å². The number of rotatable bonds is 6. The number of aromatic nitrogens is 4. The summed E-state index contributed by atoms with van der Waals surface area (Å²) in [6.45, 7) is 2.30. The average molecular weight is 431 g/mol. The molecule has 27 heavy (non-hydrogen) atoms. The molecule has 1 unspecified atom stereocenters. The molecule has 2 heterocycles. The highest BCUT2D eigenvalue weighted by Gasteiger charge is 2.15. The molecule has 0 aliphatic rings. The molecule has 0 radical (unpaired) electrons. The van der Waals surface area contributed by atoms with E-state index in [1.54, 1.807) is 59.1 Å². The van der Waals surface area contributed by atoms with E-state index in [4.69, 9.17) is 0 Å². The van der Waals surface area contributed by atoms with Crippen LogP contribution in [0.1, 0.15) is 17.4 Å². The third kappa shape index (κ3) is 5.04. The highest BCUT2D eigenvalue weighted by molar-refractivity contribution is 9.10. The van der Waals surface area contributed by atoms with Crippen LogP contribution >= 0.6 is 15.9 Å². The highest BCUT2D eigenvalue weighted by atomic mass is 79.9. The van der Waals surface area contributed by atoms with Crippen LogP contribution in [0.4, 0.5) is 11.4 Å². The number of halogens is 1. The summed E-state index contributed by atoms with van der Waals surface area (Å²) in [5.41, 5.74) is 1.50. The molecule has 1 atom stereocenters. The number of benzene rings is 1. The number of nitrogens with zero attached hydrogens (tertiary/aromatic N) is 4. The summed E-state index contributed by atoms with van der Waals surface area (Å²) in [7, 11) is 1.75. The zero-order chi connectivity index (χ0) is 19.4. The summed E-state index contributed by atoms with van der Waals surface area (Å²) >= 11 is 3.33. The second-order valence-corrected chi connectivity index (χ2v) is 7.10. The van der Waals surface area contributed by atoms with Crippen molar-refractivity contribution in [3.63, 3.8) is 0 Å². The molecular weight excluding hydrogens is 412 g/mol. The maximum Gasteiger partial charge on any atom is 0.276 e. The fourth-order valence-corrected chi connectivity index (χ4v) is 2.80. The fraction of sp³-hybridized carbons (Fsp3) is 0.222. The van der Waals surface area contributed by atoms with E-state index >= 15 is 0 Å². The Morgan fingerprint density at radius 2 is 1.96 bits per heavy atom. The van der Waals surface area contributed by atoms with E-state index in [2.05, 4.69) is 36.8 Å². The van der Waals surface area contributed by atoms with Gasteiger partial charge in [-0.3, -0.25) is 19.0 Å². The Bertz CT molecular complexity index is 964.